The van der Waals surface area contributed by atoms with Gasteiger partial charge in [-0.05, 0) is 31.5 Å². The molecule has 0 aliphatic carbocycles. The first-order valence-electron chi connectivity index (χ1n) is 11.4. The number of amides is 1. The Kier molecular flexibility index (Phi) is 7.25. The van der Waals surface area contributed by atoms with Gasteiger partial charge in [0.25, 0.3) is 5.91 Å². The number of aromatic nitrogens is 2. The molecule has 1 aliphatic rings. The molecule has 0 unspecified atom stereocenters. The summed E-state index contributed by atoms with van der Waals surface area (Å²) in [5.41, 5.74) is 2.41. The van der Waals surface area contributed by atoms with Crippen molar-refractivity contribution in [1.29, 1.82) is 0 Å². The summed E-state index contributed by atoms with van der Waals surface area (Å²) in [6, 6.07) is 8.48. The summed E-state index contributed by atoms with van der Waals surface area (Å²) in [5.74, 6) is -0.000725. The number of rotatable bonds is 9. The zero-order valence-corrected chi connectivity index (χ0v) is 19.4. The Morgan fingerprint density at radius 1 is 1.23 bits per heavy atom. The number of para-hydroxylation sites is 1. The topological polar surface area (TPSA) is 64.3 Å². The predicted octanol–water partition coefficient (Wildman–Crippen LogP) is 4.30. The molecule has 1 saturated heterocycles. The first-order chi connectivity index (χ1) is 15.1. The lowest BCUT2D eigenvalue weighted by atomic mass is 10.00. The second-order valence-corrected chi connectivity index (χ2v) is 9.54. The maximum absolute atomic E-state index is 13.1. The summed E-state index contributed by atoms with van der Waals surface area (Å²) >= 11 is 1.51. The molecule has 4 rings (SSSR count). The van der Waals surface area contributed by atoms with Gasteiger partial charge in [0.1, 0.15) is 4.88 Å². The number of H-pyrrole nitrogens is 1. The second kappa shape index (κ2) is 10.3. The zero-order chi connectivity index (χ0) is 21.6. The summed E-state index contributed by atoms with van der Waals surface area (Å²) in [7, 11) is 2.14. The molecule has 7 heteroatoms. The van der Waals surface area contributed by atoms with Gasteiger partial charge in [-0.25, -0.2) is 4.98 Å². The van der Waals surface area contributed by atoms with Crippen LogP contribution in [0.3, 0.4) is 0 Å². The number of carbonyl (C=O) groups excluding carboxylic acids is 1. The lowest BCUT2D eigenvalue weighted by Crippen LogP contribution is -2.44. The average molecular weight is 440 g/mol. The molecule has 31 heavy (non-hydrogen) atoms. The summed E-state index contributed by atoms with van der Waals surface area (Å²) in [6.45, 7) is 6.21. The fraction of sp³-hybridized carbons (Fsp3) is 0.500. The van der Waals surface area contributed by atoms with Crippen molar-refractivity contribution in [3.8, 4) is 0 Å². The molecule has 0 spiro atoms. The van der Waals surface area contributed by atoms with Crippen molar-refractivity contribution in [2.75, 3.05) is 38.1 Å². The van der Waals surface area contributed by atoms with Crippen LogP contribution in [-0.4, -0.2) is 60.0 Å². The Bertz CT molecular complexity index is 989. The number of nitrogens with one attached hydrogen (secondary N) is 2. The minimum Gasteiger partial charge on any atom is -0.361 e. The van der Waals surface area contributed by atoms with Gasteiger partial charge in [-0.3, -0.25) is 4.79 Å². The smallest absolute Gasteiger partial charge is 0.263 e. The van der Waals surface area contributed by atoms with Gasteiger partial charge < -0.3 is 20.1 Å². The molecular formula is C24H33N5OS. The van der Waals surface area contributed by atoms with E-state index < -0.39 is 0 Å². The number of fused-ring (bicyclic) bond motifs is 1. The van der Waals surface area contributed by atoms with Gasteiger partial charge in [-0.1, -0.05) is 55.7 Å². The van der Waals surface area contributed by atoms with Gasteiger partial charge in [0.15, 0.2) is 5.13 Å². The van der Waals surface area contributed by atoms with E-state index >= 15 is 0 Å². The number of anilines is 1. The summed E-state index contributed by atoms with van der Waals surface area (Å²) < 4.78 is 0. The van der Waals surface area contributed by atoms with Crippen molar-refractivity contribution >= 4 is 33.3 Å². The van der Waals surface area contributed by atoms with Crippen LogP contribution in [0.4, 0.5) is 5.13 Å². The molecule has 166 valence electrons. The summed E-state index contributed by atoms with van der Waals surface area (Å²) in [5, 5.41) is 5.51. The number of likely N-dealkylation sites (N-methyl/N-ethyl adjacent to an activating group) is 1. The van der Waals surface area contributed by atoms with Crippen molar-refractivity contribution < 1.29 is 4.79 Å². The SMILES string of the molecule is CCCCC[C@@H](Cc1c[nH]c2ccccc12)NC(=O)c1cnc(N2CCN(C)CC2)s1. The Morgan fingerprint density at radius 3 is 2.84 bits per heavy atom. The van der Waals surface area contributed by atoms with Crippen molar-refractivity contribution in [2.45, 2.75) is 45.1 Å². The van der Waals surface area contributed by atoms with E-state index in [4.69, 9.17) is 0 Å². The van der Waals surface area contributed by atoms with E-state index in [9.17, 15) is 4.79 Å². The van der Waals surface area contributed by atoms with Gasteiger partial charge in [-0.15, -0.1) is 0 Å². The van der Waals surface area contributed by atoms with E-state index in [1.54, 1.807) is 6.20 Å². The van der Waals surface area contributed by atoms with Gasteiger partial charge in [0.2, 0.25) is 0 Å². The normalized spacial score (nSPS) is 16.0. The number of carbonyl (C=O) groups is 1. The maximum atomic E-state index is 13.1. The molecule has 3 aromatic rings. The molecule has 1 aliphatic heterocycles. The van der Waals surface area contributed by atoms with Crippen LogP contribution in [0.25, 0.3) is 10.9 Å². The lowest BCUT2D eigenvalue weighted by Gasteiger charge is -2.32. The Hall–Kier alpha value is -2.38. The minimum atomic E-state index is -0.000725. The number of benzene rings is 1. The van der Waals surface area contributed by atoms with E-state index in [0.29, 0.717) is 4.88 Å². The van der Waals surface area contributed by atoms with Crippen LogP contribution in [0.5, 0.6) is 0 Å². The number of hydrogen-bond donors (Lipinski definition) is 2. The summed E-state index contributed by atoms with van der Waals surface area (Å²) in [6.07, 6.45) is 9.14. The van der Waals surface area contributed by atoms with Crippen molar-refractivity contribution in [1.82, 2.24) is 20.2 Å². The first-order valence-corrected chi connectivity index (χ1v) is 12.2. The van der Waals surface area contributed by atoms with Gasteiger partial charge in [-0.2, -0.15) is 0 Å². The molecule has 6 nitrogen and oxygen atoms in total. The highest BCUT2D eigenvalue weighted by atomic mass is 32.1. The van der Waals surface area contributed by atoms with E-state index in [1.807, 2.05) is 6.07 Å². The fourth-order valence-electron chi connectivity index (χ4n) is 4.20. The zero-order valence-electron chi connectivity index (χ0n) is 18.6. The van der Waals surface area contributed by atoms with Crippen LogP contribution in [0.2, 0.25) is 0 Å². The highest BCUT2D eigenvalue weighted by Crippen LogP contribution is 2.25. The third-order valence-electron chi connectivity index (χ3n) is 6.12. The number of thiazole rings is 1. The molecule has 1 aromatic carbocycles. The Morgan fingerprint density at radius 2 is 2.03 bits per heavy atom. The Balaban J connectivity index is 1.43. The number of aromatic amines is 1. The number of piperazine rings is 1. The highest BCUT2D eigenvalue weighted by Gasteiger charge is 2.21. The first kappa shape index (κ1) is 21.8. The molecule has 2 aromatic heterocycles. The van der Waals surface area contributed by atoms with Crippen LogP contribution in [0, 0.1) is 0 Å². The number of nitrogens with zero attached hydrogens (tertiary/aromatic N) is 3. The van der Waals surface area contributed by atoms with Crippen LogP contribution in [0.15, 0.2) is 36.7 Å². The lowest BCUT2D eigenvalue weighted by molar-refractivity contribution is 0.0938. The number of hydrogen-bond acceptors (Lipinski definition) is 5. The van der Waals surface area contributed by atoms with E-state index in [2.05, 4.69) is 63.5 Å². The van der Waals surface area contributed by atoms with E-state index in [1.165, 1.54) is 35.1 Å². The minimum absolute atomic E-state index is 0.000725. The van der Waals surface area contributed by atoms with Crippen molar-refractivity contribution in [3.63, 3.8) is 0 Å². The molecule has 1 fully saturated rings. The number of unbranched alkanes of at least 4 members (excludes halogenated alkanes) is 2. The standard InChI is InChI=1S/C24H33N5OS/c1-3-4-5-8-19(15-18-16-25-21-10-7-6-9-20(18)21)27-23(30)22-17-26-24(31-22)29-13-11-28(2)12-14-29/h6-7,9-10,16-17,19,25H,3-5,8,11-15H2,1-2H3,(H,27,30)/t19-/m0/s1. The monoisotopic (exact) mass is 439 g/mol. The van der Waals surface area contributed by atoms with Crippen LogP contribution in [0.1, 0.15) is 47.8 Å². The molecule has 3 heterocycles. The average Bonchev–Trinajstić information content (AvgIpc) is 3.42. The van der Waals surface area contributed by atoms with Crippen LogP contribution >= 0.6 is 11.3 Å². The molecule has 1 amide bonds. The molecule has 2 N–H and O–H groups in total. The van der Waals surface area contributed by atoms with E-state index in [0.717, 1.165) is 56.1 Å². The van der Waals surface area contributed by atoms with E-state index in [-0.39, 0.29) is 11.9 Å². The fourth-order valence-corrected chi connectivity index (χ4v) is 5.07. The van der Waals surface area contributed by atoms with Gasteiger partial charge in [0.05, 0.1) is 6.20 Å². The molecule has 0 bridgehead atoms. The van der Waals surface area contributed by atoms with Crippen LogP contribution in [-0.2, 0) is 6.42 Å². The largest absolute Gasteiger partial charge is 0.361 e. The molecule has 0 saturated carbocycles. The molecule has 0 radical (unpaired) electrons. The van der Waals surface area contributed by atoms with Gasteiger partial charge >= 0.3 is 0 Å². The third-order valence-corrected chi connectivity index (χ3v) is 7.18. The predicted molar refractivity (Wildman–Crippen MR) is 129 cm³/mol. The molecule has 1 atom stereocenters. The second-order valence-electron chi connectivity index (χ2n) is 8.53. The van der Waals surface area contributed by atoms with Crippen molar-refractivity contribution in [3.05, 3.63) is 47.1 Å². The summed E-state index contributed by atoms with van der Waals surface area (Å²) in [4.78, 5) is 26.3. The van der Waals surface area contributed by atoms with Crippen LogP contribution < -0.4 is 10.2 Å². The Labute approximate surface area is 188 Å². The maximum Gasteiger partial charge on any atom is 0.263 e. The quantitative estimate of drug-likeness (QED) is 0.488. The van der Waals surface area contributed by atoms with Gasteiger partial charge in [0, 0.05) is 49.3 Å². The third kappa shape index (κ3) is 5.46. The molecular weight excluding hydrogens is 406 g/mol. The van der Waals surface area contributed by atoms with Crippen molar-refractivity contribution in [2.24, 2.45) is 0 Å². The highest BCUT2D eigenvalue weighted by molar-refractivity contribution is 7.17.